The van der Waals surface area contributed by atoms with Gasteiger partial charge in [-0.2, -0.15) is 0 Å². The predicted octanol–water partition coefficient (Wildman–Crippen LogP) is 2.61. The summed E-state index contributed by atoms with van der Waals surface area (Å²) in [6.45, 7) is 3.57. The van der Waals surface area contributed by atoms with E-state index in [4.69, 9.17) is 4.74 Å². The van der Waals surface area contributed by atoms with Gasteiger partial charge >= 0.3 is 0 Å². The second kappa shape index (κ2) is 7.83. The zero-order valence-corrected chi connectivity index (χ0v) is 14.1. The summed E-state index contributed by atoms with van der Waals surface area (Å²) in [5, 5.41) is 6.44. The number of aromatic nitrogens is 1. The first kappa shape index (κ1) is 17.8. The first-order valence-corrected chi connectivity index (χ1v) is 7.80. The van der Waals surface area contributed by atoms with E-state index in [1.54, 1.807) is 12.1 Å². The summed E-state index contributed by atoms with van der Waals surface area (Å²) in [5.41, 5.74) is 1.59. The molecule has 1 aliphatic heterocycles. The maximum Gasteiger partial charge on any atom is 0.245 e. The summed E-state index contributed by atoms with van der Waals surface area (Å²) < 4.78 is 18.3. The van der Waals surface area contributed by atoms with Gasteiger partial charge in [0, 0.05) is 17.0 Å². The van der Waals surface area contributed by atoms with Crippen LogP contribution in [0.2, 0.25) is 0 Å². The van der Waals surface area contributed by atoms with Crippen molar-refractivity contribution in [3.8, 4) is 11.3 Å². The lowest BCUT2D eigenvalue weighted by atomic mass is 10.1. The molecule has 8 heteroatoms. The van der Waals surface area contributed by atoms with Gasteiger partial charge in [-0.1, -0.05) is 0 Å². The number of hydrogen-bond acceptors (Lipinski definition) is 5. The minimum Gasteiger partial charge on any atom is -0.378 e. The molecule has 0 spiro atoms. The summed E-state index contributed by atoms with van der Waals surface area (Å²) in [7, 11) is 0. The predicted molar refractivity (Wildman–Crippen MR) is 90.7 cm³/mol. The molecule has 5 nitrogen and oxygen atoms in total. The molecule has 1 atom stereocenters. The van der Waals surface area contributed by atoms with E-state index in [9.17, 15) is 9.18 Å². The molecule has 0 bridgehead atoms. The molecule has 1 unspecified atom stereocenters. The van der Waals surface area contributed by atoms with Gasteiger partial charge in [0.05, 0.1) is 18.9 Å². The molecule has 2 N–H and O–H groups in total. The highest BCUT2D eigenvalue weighted by Gasteiger charge is 2.22. The van der Waals surface area contributed by atoms with Crippen LogP contribution < -0.4 is 10.6 Å². The van der Waals surface area contributed by atoms with E-state index in [0.29, 0.717) is 24.9 Å². The van der Waals surface area contributed by atoms with Crippen LogP contribution in [0.4, 0.5) is 9.52 Å². The van der Waals surface area contributed by atoms with Gasteiger partial charge in [-0.15, -0.1) is 23.7 Å². The van der Waals surface area contributed by atoms with Gasteiger partial charge in [0.25, 0.3) is 0 Å². The van der Waals surface area contributed by atoms with Crippen molar-refractivity contribution >= 4 is 34.8 Å². The second-order valence-corrected chi connectivity index (χ2v) is 6.20. The number of anilines is 1. The summed E-state index contributed by atoms with van der Waals surface area (Å²) in [5.74, 6) is -0.437. The Labute approximate surface area is 143 Å². The Balaban J connectivity index is 0.00000192. The molecule has 0 aliphatic carbocycles. The van der Waals surface area contributed by atoms with Crippen LogP contribution in [0.25, 0.3) is 11.3 Å². The van der Waals surface area contributed by atoms with Crippen molar-refractivity contribution in [1.82, 2.24) is 10.3 Å². The third-order valence-corrected chi connectivity index (χ3v) is 4.27. The summed E-state index contributed by atoms with van der Waals surface area (Å²) in [4.78, 5) is 17.5. The molecular formula is C15H17ClFN3O2S. The number of carbonyl (C=O) groups is 1. The fourth-order valence-corrected chi connectivity index (χ4v) is 3.09. The van der Waals surface area contributed by atoms with Gasteiger partial charge < -0.3 is 15.4 Å². The van der Waals surface area contributed by atoms with Crippen molar-refractivity contribution in [2.45, 2.75) is 13.0 Å². The summed E-state index contributed by atoms with van der Waals surface area (Å²) in [6, 6.07) is 5.80. The number of halogens is 2. The highest BCUT2D eigenvalue weighted by atomic mass is 35.5. The van der Waals surface area contributed by atoms with E-state index in [2.05, 4.69) is 15.6 Å². The number of morpholine rings is 1. The normalized spacial score (nSPS) is 17.4. The van der Waals surface area contributed by atoms with Crippen LogP contribution in [-0.4, -0.2) is 36.7 Å². The van der Waals surface area contributed by atoms with Crippen LogP contribution in [0, 0.1) is 12.7 Å². The van der Waals surface area contributed by atoms with Crippen LogP contribution in [-0.2, 0) is 9.53 Å². The molecule has 2 heterocycles. The van der Waals surface area contributed by atoms with E-state index < -0.39 is 0 Å². The largest absolute Gasteiger partial charge is 0.378 e. The first-order chi connectivity index (χ1) is 10.6. The quantitative estimate of drug-likeness (QED) is 0.886. The number of nitrogens with zero attached hydrogens (tertiary/aromatic N) is 1. The SMILES string of the molecule is Cc1sc(NC(=O)C2COCCN2)nc1-c1ccc(F)cc1.Cl. The monoisotopic (exact) mass is 357 g/mol. The minimum absolute atomic E-state index is 0. The number of amides is 1. The first-order valence-electron chi connectivity index (χ1n) is 6.99. The van der Waals surface area contributed by atoms with Crippen LogP contribution in [0.15, 0.2) is 24.3 Å². The molecule has 124 valence electrons. The maximum atomic E-state index is 13.0. The van der Waals surface area contributed by atoms with Crippen molar-refractivity contribution in [2.75, 3.05) is 25.1 Å². The van der Waals surface area contributed by atoms with E-state index >= 15 is 0 Å². The van der Waals surface area contributed by atoms with Crippen molar-refractivity contribution in [1.29, 1.82) is 0 Å². The fraction of sp³-hybridized carbons (Fsp3) is 0.333. The number of rotatable bonds is 3. The second-order valence-electron chi connectivity index (χ2n) is 5.00. The number of hydrogen-bond donors (Lipinski definition) is 2. The van der Waals surface area contributed by atoms with Gasteiger partial charge in [0.1, 0.15) is 11.9 Å². The topological polar surface area (TPSA) is 63.2 Å². The molecule has 2 aromatic rings. The Morgan fingerprint density at radius 1 is 1.43 bits per heavy atom. The number of carbonyl (C=O) groups excluding carboxylic acids is 1. The van der Waals surface area contributed by atoms with Gasteiger partial charge in [0.15, 0.2) is 5.13 Å². The minimum atomic E-state index is -0.354. The highest BCUT2D eigenvalue weighted by Crippen LogP contribution is 2.30. The number of benzene rings is 1. The molecule has 1 saturated heterocycles. The molecule has 0 saturated carbocycles. The van der Waals surface area contributed by atoms with Crippen LogP contribution in [0.5, 0.6) is 0 Å². The van der Waals surface area contributed by atoms with Crippen molar-refractivity contribution < 1.29 is 13.9 Å². The molecule has 1 fully saturated rings. The Bertz CT molecular complexity index is 672. The number of ether oxygens (including phenoxy) is 1. The third kappa shape index (κ3) is 4.26. The molecule has 0 radical (unpaired) electrons. The Hall–Kier alpha value is -1.54. The number of aryl methyl sites for hydroxylation is 1. The van der Waals surface area contributed by atoms with Crippen molar-refractivity contribution in [2.24, 2.45) is 0 Å². The lowest BCUT2D eigenvalue weighted by Gasteiger charge is -2.22. The summed E-state index contributed by atoms with van der Waals surface area (Å²) in [6.07, 6.45) is 0. The van der Waals surface area contributed by atoms with Gasteiger partial charge in [-0.05, 0) is 31.2 Å². The highest BCUT2D eigenvalue weighted by molar-refractivity contribution is 7.16. The Morgan fingerprint density at radius 2 is 2.17 bits per heavy atom. The van der Waals surface area contributed by atoms with Gasteiger partial charge in [-0.3, -0.25) is 4.79 Å². The molecular weight excluding hydrogens is 341 g/mol. The van der Waals surface area contributed by atoms with Crippen LogP contribution >= 0.6 is 23.7 Å². The molecule has 1 aromatic heterocycles. The van der Waals surface area contributed by atoms with E-state index in [1.165, 1.54) is 23.5 Å². The number of thiazole rings is 1. The lowest BCUT2D eigenvalue weighted by Crippen LogP contribution is -2.48. The van der Waals surface area contributed by atoms with Crippen molar-refractivity contribution in [3.63, 3.8) is 0 Å². The summed E-state index contributed by atoms with van der Waals surface area (Å²) >= 11 is 1.40. The average molecular weight is 358 g/mol. The van der Waals surface area contributed by atoms with Crippen molar-refractivity contribution in [3.05, 3.63) is 35.0 Å². The fourth-order valence-electron chi connectivity index (χ4n) is 2.25. The Kier molecular flexibility index (Phi) is 6.06. The lowest BCUT2D eigenvalue weighted by molar-refractivity contribution is -0.120. The smallest absolute Gasteiger partial charge is 0.245 e. The van der Waals surface area contributed by atoms with Crippen LogP contribution in [0.3, 0.4) is 0 Å². The van der Waals surface area contributed by atoms with E-state index in [-0.39, 0.29) is 30.2 Å². The van der Waals surface area contributed by atoms with E-state index in [1.807, 2.05) is 6.92 Å². The van der Waals surface area contributed by atoms with Gasteiger partial charge in [-0.25, -0.2) is 9.37 Å². The third-order valence-electron chi connectivity index (χ3n) is 3.38. The maximum absolute atomic E-state index is 13.0. The number of nitrogens with one attached hydrogen (secondary N) is 2. The van der Waals surface area contributed by atoms with E-state index in [0.717, 1.165) is 16.1 Å². The zero-order chi connectivity index (χ0) is 15.5. The Morgan fingerprint density at radius 3 is 2.83 bits per heavy atom. The van der Waals surface area contributed by atoms with Crippen LogP contribution in [0.1, 0.15) is 4.88 Å². The zero-order valence-electron chi connectivity index (χ0n) is 12.5. The molecule has 1 amide bonds. The van der Waals surface area contributed by atoms with Gasteiger partial charge in [0.2, 0.25) is 5.91 Å². The standard InChI is InChI=1S/C15H16FN3O2S.ClH/c1-9-13(10-2-4-11(16)5-3-10)18-15(22-9)19-14(20)12-8-21-7-6-17-12;/h2-5,12,17H,6-8H2,1H3,(H,18,19,20);1H. The average Bonchev–Trinajstić information content (AvgIpc) is 2.89. The molecule has 3 rings (SSSR count). The molecule has 1 aliphatic rings. The molecule has 1 aromatic carbocycles. The molecule has 23 heavy (non-hydrogen) atoms.